The second-order valence-corrected chi connectivity index (χ2v) is 9.31. The minimum absolute atomic E-state index is 0.0874. The second kappa shape index (κ2) is 10.7. The molecule has 0 bridgehead atoms. The molecule has 0 saturated carbocycles. The first-order chi connectivity index (χ1) is 17.3. The Morgan fingerprint density at radius 1 is 0.857 bits per heavy atom. The molecule has 4 heteroatoms. The standard InChI is InChI=1S/C31H33N3O/c1-2-15-28-29(31(35)33-23-14-6-13-22-27(33)24-16-7-3-8-17-24)30(25-18-9-4-10-19-25)32-34(28)26-20-11-5-12-21-26/h3-5,7-12,16-21,27H,2,6,13-15,22-23H2,1H3. The fourth-order valence-electron chi connectivity index (χ4n) is 5.24. The first kappa shape index (κ1) is 23.1. The quantitative estimate of drug-likeness (QED) is 0.302. The summed E-state index contributed by atoms with van der Waals surface area (Å²) in [5.41, 5.74) is 5.72. The Morgan fingerprint density at radius 2 is 1.51 bits per heavy atom. The van der Waals surface area contributed by atoms with E-state index in [4.69, 9.17) is 5.10 Å². The molecule has 0 spiro atoms. The van der Waals surface area contributed by atoms with Gasteiger partial charge in [0.25, 0.3) is 5.91 Å². The molecule has 2 heterocycles. The summed E-state index contributed by atoms with van der Waals surface area (Å²) in [6.45, 7) is 2.94. The molecular formula is C31H33N3O. The van der Waals surface area contributed by atoms with Crippen LogP contribution >= 0.6 is 0 Å². The summed E-state index contributed by atoms with van der Waals surface area (Å²) in [5.74, 6) is 0.102. The Bertz CT molecular complexity index is 1250. The van der Waals surface area contributed by atoms with E-state index in [-0.39, 0.29) is 11.9 Å². The first-order valence-corrected chi connectivity index (χ1v) is 12.9. The van der Waals surface area contributed by atoms with Gasteiger partial charge >= 0.3 is 0 Å². The van der Waals surface area contributed by atoms with Gasteiger partial charge < -0.3 is 4.90 Å². The molecule has 1 aliphatic heterocycles. The van der Waals surface area contributed by atoms with E-state index < -0.39 is 0 Å². The van der Waals surface area contributed by atoms with Crippen LogP contribution in [0.25, 0.3) is 16.9 Å². The third kappa shape index (κ3) is 4.79. The van der Waals surface area contributed by atoms with Gasteiger partial charge in [0, 0.05) is 12.1 Å². The summed E-state index contributed by atoms with van der Waals surface area (Å²) in [6.07, 6.45) is 6.05. The van der Waals surface area contributed by atoms with Crippen molar-refractivity contribution in [1.82, 2.24) is 14.7 Å². The van der Waals surface area contributed by atoms with E-state index in [1.165, 1.54) is 5.56 Å². The number of nitrogens with zero attached hydrogens (tertiary/aromatic N) is 3. The molecule has 1 aliphatic rings. The van der Waals surface area contributed by atoms with Crippen LogP contribution in [0, 0.1) is 0 Å². The Morgan fingerprint density at radius 3 is 2.20 bits per heavy atom. The highest BCUT2D eigenvalue weighted by molar-refractivity contribution is 6.01. The molecule has 3 aromatic carbocycles. The summed E-state index contributed by atoms with van der Waals surface area (Å²) in [7, 11) is 0. The molecule has 4 aromatic rings. The number of amides is 1. The second-order valence-electron chi connectivity index (χ2n) is 9.31. The van der Waals surface area contributed by atoms with Gasteiger partial charge in [-0.2, -0.15) is 5.10 Å². The molecule has 35 heavy (non-hydrogen) atoms. The molecule has 178 valence electrons. The van der Waals surface area contributed by atoms with Crippen molar-refractivity contribution in [2.75, 3.05) is 6.54 Å². The number of likely N-dealkylation sites (tertiary alicyclic amines) is 1. The first-order valence-electron chi connectivity index (χ1n) is 12.9. The van der Waals surface area contributed by atoms with E-state index in [1.807, 2.05) is 47.1 Å². The normalized spacial score (nSPS) is 16.1. The SMILES string of the molecule is CCCc1c(C(=O)N2CCCCCC2c2ccccc2)c(-c2ccccc2)nn1-c1ccccc1. The smallest absolute Gasteiger partial charge is 0.258 e. The predicted octanol–water partition coefficient (Wildman–Crippen LogP) is 7.25. The van der Waals surface area contributed by atoms with E-state index >= 15 is 0 Å². The van der Waals surface area contributed by atoms with Crippen LogP contribution in [0.5, 0.6) is 0 Å². The van der Waals surface area contributed by atoms with Crippen molar-refractivity contribution in [2.24, 2.45) is 0 Å². The van der Waals surface area contributed by atoms with Gasteiger partial charge in [0.05, 0.1) is 23.0 Å². The van der Waals surface area contributed by atoms with Gasteiger partial charge in [0.2, 0.25) is 0 Å². The maximum Gasteiger partial charge on any atom is 0.258 e. The Kier molecular flexibility index (Phi) is 7.08. The summed E-state index contributed by atoms with van der Waals surface area (Å²) in [6, 6.07) is 31.0. The van der Waals surface area contributed by atoms with Gasteiger partial charge in [-0.3, -0.25) is 4.79 Å². The van der Waals surface area contributed by atoms with Gasteiger partial charge in [-0.15, -0.1) is 0 Å². The summed E-state index contributed by atoms with van der Waals surface area (Å²) in [4.78, 5) is 16.7. The topological polar surface area (TPSA) is 38.1 Å². The lowest BCUT2D eigenvalue weighted by Gasteiger charge is -2.31. The number of hydrogen-bond donors (Lipinski definition) is 0. The van der Waals surface area contributed by atoms with Crippen LogP contribution in [0.15, 0.2) is 91.0 Å². The van der Waals surface area contributed by atoms with E-state index in [1.54, 1.807) is 0 Å². The molecular weight excluding hydrogens is 430 g/mol. The van der Waals surface area contributed by atoms with E-state index in [2.05, 4.69) is 60.4 Å². The van der Waals surface area contributed by atoms with Crippen LogP contribution in [0.3, 0.4) is 0 Å². The van der Waals surface area contributed by atoms with Crippen LogP contribution in [0.2, 0.25) is 0 Å². The molecule has 1 unspecified atom stereocenters. The predicted molar refractivity (Wildman–Crippen MR) is 142 cm³/mol. The van der Waals surface area contributed by atoms with E-state index in [9.17, 15) is 4.79 Å². The van der Waals surface area contributed by atoms with Crippen molar-refractivity contribution in [3.63, 3.8) is 0 Å². The minimum Gasteiger partial charge on any atom is -0.331 e. The third-order valence-corrected chi connectivity index (χ3v) is 6.93. The van der Waals surface area contributed by atoms with Gasteiger partial charge in [0.1, 0.15) is 5.69 Å². The fourth-order valence-corrected chi connectivity index (χ4v) is 5.24. The van der Waals surface area contributed by atoms with E-state index in [0.29, 0.717) is 0 Å². The number of rotatable bonds is 6. The monoisotopic (exact) mass is 463 g/mol. The molecule has 5 rings (SSSR count). The van der Waals surface area contributed by atoms with Gasteiger partial charge in [-0.1, -0.05) is 105 Å². The zero-order valence-electron chi connectivity index (χ0n) is 20.4. The van der Waals surface area contributed by atoms with Crippen LogP contribution in [0.4, 0.5) is 0 Å². The highest BCUT2D eigenvalue weighted by atomic mass is 16.2. The minimum atomic E-state index is 0.0874. The molecule has 1 aromatic heterocycles. The van der Waals surface area contributed by atoms with Crippen LogP contribution in [-0.4, -0.2) is 27.1 Å². The number of hydrogen-bond acceptors (Lipinski definition) is 2. The highest BCUT2D eigenvalue weighted by Crippen LogP contribution is 2.35. The van der Waals surface area contributed by atoms with Gasteiger partial charge in [-0.05, 0) is 37.0 Å². The van der Waals surface area contributed by atoms with Crippen molar-refractivity contribution in [2.45, 2.75) is 51.5 Å². The van der Waals surface area contributed by atoms with Crippen molar-refractivity contribution < 1.29 is 4.79 Å². The van der Waals surface area contributed by atoms with Crippen molar-refractivity contribution in [1.29, 1.82) is 0 Å². The molecule has 1 saturated heterocycles. The molecule has 1 atom stereocenters. The molecule has 0 radical (unpaired) electrons. The lowest BCUT2D eigenvalue weighted by molar-refractivity contribution is 0.0680. The zero-order valence-corrected chi connectivity index (χ0v) is 20.4. The fraction of sp³-hybridized carbons (Fsp3) is 0.290. The average molecular weight is 464 g/mol. The molecule has 1 amide bonds. The maximum atomic E-state index is 14.5. The maximum absolute atomic E-state index is 14.5. The van der Waals surface area contributed by atoms with Gasteiger partial charge in [0.15, 0.2) is 0 Å². The summed E-state index contributed by atoms with van der Waals surface area (Å²) in [5, 5.41) is 5.08. The number of carbonyl (C=O) groups excluding carboxylic acids is 1. The number of aromatic nitrogens is 2. The number of benzene rings is 3. The largest absolute Gasteiger partial charge is 0.331 e. The summed E-state index contributed by atoms with van der Waals surface area (Å²) < 4.78 is 1.99. The lowest BCUT2D eigenvalue weighted by Crippen LogP contribution is -2.35. The molecule has 1 fully saturated rings. The number of carbonyl (C=O) groups is 1. The highest BCUT2D eigenvalue weighted by Gasteiger charge is 2.33. The van der Waals surface area contributed by atoms with Crippen LogP contribution < -0.4 is 0 Å². The third-order valence-electron chi connectivity index (χ3n) is 6.93. The lowest BCUT2D eigenvalue weighted by atomic mass is 9.98. The van der Waals surface area contributed by atoms with Crippen molar-refractivity contribution >= 4 is 5.91 Å². The molecule has 0 N–H and O–H groups in total. The van der Waals surface area contributed by atoms with Crippen molar-refractivity contribution in [3.8, 4) is 16.9 Å². The Hall–Kier alpha value is -3.66. The van der Waals surface area contributed by atoms with Gasteiger partial charge in [-0.25, -0.2) is 4.68 Å². The molecule has 4 nitrogen and oxygen atoms in total. The van der Waals surface area contributed by atoms with Crippen LogP contribution in [-0.2, 0) is 6.42 Å². The zero-order chi connectivity index (χ0) is 24.0. The van der Waals surface area contributed by atoms with Crippen LogP contribution in [0.1, 0.15) is 66.7 Å². The van der Waals surface area contributed by atoms with E-state index in [0.717, 1.165) is 73.3 Å². The molecule has 0 aliphatic carbocycles. The Labute approximate surface area is 208 Å². The average Bonchev–Trinajstić information content (AvgIpc) is 3.11. The Balaban J connectivity index is 1.68. The summed E-state index contributed by atoms with van der Waals surface area (Å²) >= 11 is 0. The van der Waals surface area contributed by atoms with Crippen molar-refractivity contribution in [3.05, 3.63) is 108 Å². The number of para-hydroxylation sites is 1.